The van der Waals surface area contributed by atoms with Crippen LogP contribution in [0.4, 0.5) is 4.39 Å². The Kier molecular flexibility index (Phi) is 3.26. The maximum absolute atomic E-state index is 14.0. The molecule has 1 aromatic carbocycles. The molecule has 20 heavy (non-hydrogen) atoms. The van der Waals surface area contributed by atoms with Gasteiger partial charge in [0.05, 0.1) is 5.39 Å². The second-order valence-corrected chi connectivity index (χ2v) is 4.94. The molecule has 0 saturated carbocycles. The molecule has 0 aliphatic heterocycles. The number of hydrogen-bond donors (Lipinski definition) is 0. The Bertz CT molecular complexity index is 783. The fourth-order valence-electron chi connectivity index (χ4n) is 2.68. The van der Waals surface area contributed by atoms with Crippen molar-refractivity contribution in [2.24, 2.45) is 0 Å². The van der Waals surface area contributed by atoms with E-state index in [0.29, 0.717) is 5.39 Å². The lowest BCUT2D eigenvalue weighted by Gasteiger charge is -2.16. The first-order valence-corrected chi connectivity index (χ1v) is 6.92. The van der Waals surface area contributed by atoms with Crippen LogP contribution in [0.3, 0.4) is 0 Å². The Morgan fingerprint density at radius 1 is 1.30 bits per heavy atom. The molecule has 0 atom stereocenters. The third kappa shape index (κ3) is 1.99. The molecule has 1 heterocycles. The van der Waals surface area contributed by atoms with E-state index in [1.54, 1.807) is 16.7 Å². The molecule has 0 spiro atoms. The van der Waals surface area contributed by atoms with E-state index < -0.39 is 5.82 Å². The largest absolute Gasteiger partial charge is 0.281 e. The molecule has 1 aliphatic carbocycles. The lowest BCUT2D eigenvalue weighted by Crippen LogP contribution is -2.23. The van der Waals surface area contributed by atoms with Crippen molar-refractivity contribution in [2.75, 3.05) is 0 Å². The van der Waals surface area contributed by atoms with E-state index in [2.05, 4.69) is 0 Å². The number of pyridine rings is 1. The highest BCUT2D eigenvalue weighted by Gasteiger charge is 2.14. The maximum atomic E-state index is 14.0. The predicted octanol–water partition coefficient (Wildman–Crippen LogP) is 3.89. The van der Waals surface area contributed by atoms with Gasteiger partial charge in [0.15, 0.2) is 0 Å². The zero-order valence-corrected chi connectivity index (χ0v) is 11.4. The lowest BCUT2D eigenvalue weighted by molar-refractivity contribution is 0.637. The van der Waals surface area contributed by atoms with Crippen molar-refractivity contribution in [2.45, 2.75) is 26.2 Å². The van der Waals surface area contributed by atoms with Crippen LogP contribution in [-0.4, -0.2) is 4.57 Å². The molecule has 0 fully saturated rings. The zero-order valence-electron chi connectivity index (χ0n) is 11.4. The lowest BCUT2D eigenvalue weighted by atomic mass is 10.1. The molecular formula is C17H16FNO. The molecule has 3 heteroatoms. The van der Waals surface area contributed by atoms with Crippen molar-refractivity contribution < 1.29 is 4.39 Å². The van der Waals surface area contributed by atoms with Gasteiger partial charge in [-0.2, -0.15) is 0 Å². The van der Waals surface area contributed by atoms with Crippen LogP contribution in [0, 0.1) is 5.82 Å². The number of nitrogens with zero attached hydrogens (tertiary/aromatic N) is 1. The second kappa shape index (κ2) is 5.08. The van der Waals surface area contributed by atoms with Crippen LogP contribution in [0.2, 0.25) is 0 Å². The number of hydrogen-bond acceptors (Lipinski definition) is 1. The summed E-state index contributed by atoms with van der Waals surface area (Å²) in [6.45, 7) is 2.00. The molecule has 1 aliphatic rings. The van der Waals surface area contributed by atoms with Crippen molar-refractivity contribution in [1.29, 1.82) is 0 Å². The van der Waals surface area contributed by atoms with E-state index >= 15 is 0 Å². The van der Waals surface area contributed by atoms with Gasteiger partial charge < -0.3 is 0 Å². The number of rotatable bonds is 2. The highest BCUT2D eigenvalue weighted by Crippen LogP contribution is 2.21. The van der Waals surface area contributed by atoms with Gasteiger partial charge in [-0.05, 0) is 42.9 Å². The Hall–Kier alpha value is -2.16. The summed E-state index contributed by atoms with van der Waals surface area (Å²) >= 11 is 0. The van der Waals surface area contributed by atoms with Crippen LogP contribution >= 0.6 is 0 Å². The van der Waals surface area contributed by atoms with Gasteiger partial charge in [0.1, 0.15) is 5.82 Å². The molecule has 0 saturated heterocycles. The van der Waals surface area contributed by atoms with Gasteiger partial charge in [-0.25, -0.2) is 4.39 Å². The number of fused-ring (bicyclic) bond motifs is 1. The van der Waals surface area contributed by atoms with E-state index in [-0.39, 0.29) is 10.9 Å². The fourth-order valence-corrected chi connectivity index (χ4v) is 2.68. The average Bonchev–Trinajstić information content (AvgIpc) is 2.47. The van der Waals surface area contributed by atoms with Crippen molar-refractivity contribution in [3.05, 3.63) is 64.4 Å². The van der Waals surface area contributed by atoms with Crippen LogP contribution in [0.25, 0.3) is 16.5 Å². The maximum Gasteiger partial charge on any atom is 0.266 e. The van der Waals surface area contributed by atoms with Gasteiger partial charge in [-0.15, -0.1) is 0 Å². The van der Waals surface area contributed by atoms with Crippen LogP contribution in [0.5, 0.6) is 0 Å². The van der Waals surface area contributed by atoms with Gasteiger partial charge in [-0.1, -0.05) is 31.2 Å². The summed E-state index contributed by atoms with van der Waals surface area (Å²) in [6, 6.07) is 6.67. The number of allylic oxidation sites excluding steroid dienone is 4. The van der Waals surface area contributed by atoms with Crippen LogP contribution < -0.4 is 5.56 Å². The predicted molar refractivity (Wildman–Crippen MR) is 80.2 cm³/mol. The second-order valence-electron chi connectivity index (χ2n) is 4.94. The molecule has 0 N–H and O–H groups in total. The smallest absolute Gasteiger partial charge is 0.266 e. The minimum absolute atomic E-state index is 0.171. The molecule has 2 nitrogen and oxygen atoms in total. The Morgan fingerprint density at radius 2 is 2.15 bits per heavy atom. The van der Waals surface area contributed by atoms with E-state index in [4.69, 9.17) is 0 Å². The quantitative estimate of drug-likeness (QED) is 0.810. The van der Waals surface area contributed by atoms with E-state index in [9.17, 15) is 9.18 Å². The van der Waals surface area contributed by atoms with Crippen molar-refractivity contribution >= 4 is 16.5 Å². The van der Waals surface area contributed by atoms with Gasteiger partial charge in [0.2, 0.25) is 0 Å². The highest BCUT2D eigenvalue weighted by atomic mass is 19.1. The molecule has 0 unspecified atom stereocenters. The third-order valence-corrected chi connectivity index (χ3v) is 3.67. The summed E-state index contributed by atoms with van der Waals surface area (Å²) < 4.78 is 15.6. The topological polar surface area (TPSA) is 22.0 Å². The SMILES string of the molecule is CCc1cc2cccc(F)c2c(=O)n1C1=CCCC=C1. The van der Waals surface area contributed by atoms with E-state index in [1.165, 1.54) is 6.07 Å². The first kappa shape index (κ1) is 12.9. The molecule has 0 radical (unpaired) electrons. The molecule has 0 amide bonds. The fraction of sp³-hybridized carbons (Fsp3) is 0.235. The van der Waals surface area contributed by atoms with Gasteiger partial charge >= 0.3 is 0 Å². The summed E-state index contributed by atoms with van der Waals surface area (Å²) in [5.74, 6) is -0.454. The summed E-state index contributed by atoms with van der Waals surface area (Å²) in [7, 11) is 0. The normalized spacial score (nSPS) is 14.6. The van der Waals surface area contributed by atoms with Crippen molar-refractivity contribution in [1.82, 2.24) is 4.57 Å². The molecule has 3 rings (SSSR count). The first-order chi connectivity index (χ1) is 9.72. The summed E-state index contributed by atoms with van der Waals surface area (Å²) in [5.41, 5.74) is 1.49. The Balaban J connectivity index is 2.38. The molecule has 102 valence electrons. The number of aromatic nitrogens is 1. The highest BCUT2D eigenvalue weighted by molar-refractivity contribution is 5.83. The zero-order chi connectivity index (χ0) is 14.1. The van der Waals surface area contributed by atoms with Crippen LogP contribution in [-0.2, 0) is 6.42 Å². The van der Waals surface area contributed by atoms with Gasteiger partial charge in [0, 0.05) is 11.4 Å². The Morgan fingerprint density at radius 3 is 2.85 bits per heavy atom. The molecule has 0 bridgehead atoms. The van der Waals surface area contributed by atoms with Crippen molar-refractivity contribution in [3.8, 4) is 0 Å². The average molecular weight is 269 g/mol. The number of benzene rings is 1. The minimum atomic E-state index is -0.454. The molecular weight excluding hydrogens is 253 g/mol. The van der Waals surface area contributed by atoms with Crippen LogP contribution in [0.1, 0.15) is 25.5 Å². The number of halogens is 1. The monoisotopic (exact) mass is 269 g/mol. The molecule has 1 aromatic heterocycles. The summed E-state index contributed by atoms with van der Waals surface area (Å²) in [5, 5.41) is 0.841. The third-order valence-electron chi connectivity index (χ3n) is 3.67. The molecule has 2 aromatic rings. The minimum Gasteiger partial charge on any atom is -0.281 e. The van der Waals surface area contributed by atoms with Gasteiger partial charge in [0.25, 0.3) is 5.56 Å². The van der Waals surface area contributed by atoms with Crippen LogP contribution in [0.15, 0.2) is 47.3 Å². The standard InChI is InChI=1S/C17H16FNO/c1-2-13-11-12-7-6-10-15(18)16(12)17(20)19(13)14-8-4-3-5-9-14/h4,6-11H,2-3,5H2,1H3. The summed E-state index contributed by atoms with van der Waals surface area (Å²) in [4.78, 5) is 12.7. The Labute approximate surface area is 116 Å². The van der Waals surface area contributed by atoms with E-state index in [1.807, 2.05) is 31.2 Å². The summed E-state index contributed by atoms with van der Waals surface area (Å²) in [6.07, 6.45) is 8.65. The van der Waals surface area contributed by atoms with Crippen molar-refractivity contribution in [3.63, 3.8) is 0 Å². The van der Waals surface area contributed by atoms with Gasteiger partial charge in [-0.3, -0.25) is 9.36 Å². The number of aryl methyl sites for hydroxylation is 1. The van der Waals surface area contributed by atoms with E-state index in [0.717, 1.165) is 30.7 Å². The first-order valence-electron chi connectivity index (χ1n) is 6.92.